The van der Waals surface area contributed by atoms with Gasteiger partial charge in [-0.05, 0) is 51.3 Å². The fourth-order valence-electron chi connectivity index (χ4n) is 4.19. The Morgan fingerprint density at radius 1 is 1.09 bits per heavy atom. The van der Waals surface area contributed by atoms with Gasteiger partial charge in [-0.3, -0.25) is 14.5 Å². The number of hydrogen-bond donors (Lipinski definition) is 0. The molecule has 0 aliphatic carbocycles. The summed E-state index contributed by atoms with van der Waals surface area (Å²) >= 11 is 1.41. The van der Waals surface area contributed by atoms with Crippen LogP contribution in [0, 0.1) is 5.92 Å². The summed E-state index contributed by atoms with van der Waals surface area (Å²) in [6.45, 7) is 1.71. The van der Waals surface area contributed by atoms with Gasteiger partial charge in [-0.15, -0.1) is 0 Å². The molecule has 4 rings (SSSR count). The number of carbonyl (C=O) groups excluding carboxylic acids is 2. The third kappa shape index (κ3) is 4.85. The van der Waals surface area contributed by atoms with Crippen LogP contribution in [0.3, 0.4) is 0 Å². The lowest BCUT2D eigenvalue weighted by molar-refractivity contribution is -0.124. The zero-order valence-electron chi connectivity index (χ0n) is 20.0. The van der Waals surface area contributed by atoms with E-state index in [0.717, 1.165) is 23.4 Å². The average molecular weight is 483 g/mol. The summed E-state index contributed by atoms with van der Waals surface area (Å²) in [5, 5.41) is 0.590. The Morgan fingerprint density at radius 3 is 2.47 bits per heavy atom. The number of benzene rings is 2. The van der Waals surface area contributed by atoms with Crippen LogP contribution in [0.4, 0.5) is 10.8 Å². The van der Waals surface area contributed by atoms with Gasteiger partial charge in [0.25, 0.3) is 0 Å². The van der Waals surface area contributed by atoms with Crippen molar-refractivity contribution in [2.24, 2.45) is 5.92 Å². The summed E-state index contributed by atoms with van der Waals surface area (Å²) in [5.74, 6) is 0.771. The number of anilines is 2. The molecular weight excluding hydrogens is 452 g/mol. The molecule has 2 amide bonds. The summed E-state index contributed by atoms with van der Waals surface area (Å²) in [6, 6.07) is 13.2. The molecule has 2 heterocycles. The molecule has 1 unspecified atom stereocenters. The Balaban J connectivity index is 1.65. The van der Waals surface area contributed by atoms with E-state index >= 15 is 0 Å². The predicted molar refractivity (Wildman–Crippen MR) is 135 cm³/mol. The number of thiazole rings is 1. The number of rotatable bonds is 9. The minimum absolute atomic E-state index is 0.0366. The zero-order chi connectivity index (χ0) is 24.2. The third-order valence-electron chi connectivity index (χ3n) is 5.93. The van der Waals surface area contributed by atoms with Gasteiger partial charge in [0.05, 0.1) is 20.1 Å². The van der Waals surface area contributed by atoms with Crippen LogP contribution >= 0.6 is 11.3 Å². The molecule has 3 aromatic rings. The van der Waals surface area contributed by atoms with Crippen molar-refractivity contribution in [3.8, 4) is 11.5 Å². The number of carbonyl (C=O) groups is 2. The average Bonchev–Trinajstić information content (AvgIpc) is 3.45. The number of methoxy groups -OCH3 is 2. The van der Waals surface area contributed by atoms with Crippen LogP contribution in [0.25, 0.3) is 10.2 Å². The summed E-state index contributed by atoms with van der Waals surface area (Å²) in [7, 11) is 7.23. The number of aromatic nitrogens is 1. The largest absolute Gasteiger partial charge is 0.495 e. The summed E-state index contributed by atoms with van der Waals surface area (Å²) in [6.07, 6.45) is 0.974. The molecule has 1 atom stereocenters. The van der Waals surface area contributed by atoms with E-state index in [2.05, 4.69) is 4.90 Å². The van der Waals surface area contributed by atoms with E-state index in [-0.39, 0.29) is 18.2 Å². The highest BCUT2D eigenvalue weighted by Crippen LogP contribution is 2.41. The molecule has 0 radical (unpaired) electrons. The molecule has 1 aromatic heterocycles. The molecule has 0 N–H and O–H groups in total. The van der Waals surface area contributed by atoms with E-state index in [1.54, 1.807) is 24.0 Å². The maximum absolute atomic E-state index is 13.8. The maximum Gasteiger partial charge on any atom is 0.234 e. The van der Waals surface area contributed by atoms with Crippen molar-refractivity contribution in [3.05, 3.63) is 42.5 Å². The molecule has 1 saturated heterocycles. The Bertz CT molecular complexity index is 1120. The van der Waals surface area contributed by atoms with Gasteiger partial charge in [0.1, 0.15) is 21.7 Å². The highest BCUT2D eigenvalue weighted by Gasteiger charge is 2.38. The van der Waals surface area contributed by atoms with Crippen molar-refractivity contribution in [3.63, 3.8) is 0 Å². The summed E-state index contributed by atoms with van der Waals surface area (Å²) in [5.41, 5.74) is 1.48. The molecule has 9 heteroatoms. The number of para-hydroxylation sites is 1. The topological polar surface area (TPSA) is 75.2 Å². The second-order valence-electron chi connectivity index (χ2n) is 8.53. The first-order valence-electron chi connectivity index (χ1n) is 11.3. The quantitative estimate of drug-likeness (QED) is 0.464. The van der Waals surface area contributed by atoms with E-state index in [0.29, 0.717) is 35.2 Å². The lowest BCUT2D eigenvalue weighted by atomic mass is 10.1. The second-order valence-corrected chi connectivity index (χ2v) is 9.51. The van der Waals surface area contributed by atoms with Crippen molar-refractivity contribution in [2.75, 3.05) is 57.7 Å². The maximum atomic E-state index is 13.8. The summed E-state index contributed by atoms with van der Waals surface area (Å²) < 4.78 is 11.8. The van der Waals surface area contributed by atoms with Gasteiger partial charge in [-0.1, -0.05) is 29.5 Å². The first-order chi connectivity index (χ1) is 16.4. The molecule has 2 aromatic carbocycles. The fourth-order valence-corrected chi connectivity index (χ4v) is 5.29. The van der Waals surface area contributed by atoms with Gasteiger partial charge in [0, 0.05) is 25.2 Å². The van der Waals surface area contributed by atoms with E-state index in [1.165, 1.54) is 11.3 Å². The fraction of sp³-hybridized carbons (Fsp3) is 0.400. The van der Waals surface area contributed by atoms with Crippen molar-refractivity contribution in [1.82, 2.24) is 9.88 Å². The Morgan fingerprint density at radius 2 is 1.79 bits per heavy atom. The molecule has 180 valence electrons. The third-order valence-corrected chi connectivity index (χ3v) is 7.02. The SMILES string of the molecule is COc1ccc(OC)c2sc(N(CCCN(C)C)C(=O)C3CC(=O)N(c4ccccc4)C3)nc12. The van der Waals surface area contributed by atoms with Gasteiger partial charge in [0.15, 0.2) is 5.13 Å². The molecular formula is C25H30N4O4S. The van der Waals surface area contributed by atoms with Crippen molar-refractivity contribution >= 4 is 44.2 Å². The molecule has 0 saturated carbocycles. The second kappa shape index (κ2) is 10.4. The lowest BCUT2D eigenvalue weighted by Gasteiger charge is -2.24. The molecule has 1 aliphatic rings. The monoisotopic (exact) mass is 482 g/mol. The smallest absolute Gasteiger partial charge is 0.234 e. The van der Waals surface area contributed by atoms with Gasteiger partial charge in [-0.25, -0.2) is 4.98 Å². The minimum Gasteiger partial charge on any atom is -0.495 e. The van der Waals surface area contributed by atoms with Crippen LogP contribution in [-0.2, 0) is 9.59 Å². The van der Waals surface area contributed by atoms with E-state index < -0.39 is 5.92 Å². The predicted octanol–water partition coefficient (Wildman–Crippen LogP) is 3.65. The summed E-state index contributed by atoms with van der Waals surface area (Å²) in [4.78, 5) is 36.8. The molecule has 1 aliphatic heterocycles. The molecule has 1 fully saturated rings. The van der Waals surface area contributed by atoms with E-state index in [4.69, 9.17) is 14.5 Å². The van der Waals surface area contributed by atoms with Crippen LogP contribution in [-0.4, -0.2) is 69.6 Å². The highest BCUT2D eigenvalue weighted by atomic mass is 32.1. The Kier molecular flexibility index (Phi) is 7.33. The van der Waals surface area contributed by atoms with Crippen LogP contribution < -0.4 is 19.3 Å². The lowest BCUT2D eigenvalue weighted by Crippen LogP contribution is -2.39. The number of fused-ring (bicyclic) bond motifs is 1. The standard InChI is InChI=1S/C25H30N4O4S/c1-27(2)13-8-14-28(25-26-22-19(32-3)11-12-20(33-4)23(22)34-25)24(31)17-15-21(30)29(16-17)18-9-6-5-7-10-18/h5-7,9-12,17H,8,13-16H2,1-4H3. The zero-order valence-corrected chi connectivity index (χ0v) is 20.8. The minimum atomic E-state index is -0.428. The first-order valence-corrected chi connectivity index (χ1v) is 12.1. The number of amides is 2. The van der Waals surface area contributed by atoms with Gasteiger partial charge in [0.2, 0.25) is 11.8 Å². The van der Waals surface area contributed by atoms with E-state index in [9.17, 15) is 9.59 Å². The van der Waals surface area contributed by atoms with Gasteiger partial charge in [-0.2, -0.15) is 0 Å². The van der Waals surface area contributed by atoms with Crippen LogP contribution in [0.2, 0.25) is 0 Å². The molecule has 0 bridgehead atoms. The first kappa shape index (κ1) is 24.0. The van der Waals surface area contributed by atoms with Crippen LogP contribution in [0.15, 0.2) is 42.5 Å². The number of ether oxygens (including phenoxy) is 2. The van der Waals surface area contributed by atoms with Gasteiger partial charge >= 0.3 is 0 Å². The Labute approximate surface area is 203 Å². The highest BCUT2D eigenvalue weighted by molar-refractivity contribution is 7.22. The normalized spacial score (nSPS) is 15.9. The van der Waals surface area contributed by atoms with Crippen LogP contribution in [0.1, 0.15) is 12.8 Å². The van der Waals surface area contributed by atoms with Crippen molar-refractivity contribution in [2.45, 2.75) is 12.8 Å². The Hall–Kier alpha value is -3.17. The van der Waals surface area contributed by atoms with Crippen molar-refractivity contribution < 1.29 is 19.1 Å². The van der Waals surface area contributed by atoms with Crippen molar-refractivity contribution in [1.29, 1.82) is 0 Å². The molecule has 8 nitrogen and oxygen atoms in total. The molecule has 0 spiro atoms. The number of hydrogen-bond acceptors (Lipinski definition) is 7. The van der Waals surface area contributed by atoms with E-state index in [1.807, 2.05) is 56.6 Å². The van der Waals surface area contributed by atoms with Crippen LogP contribution in [0.5, 0.6) is 11.5 Å². The van der Waals surface area contributed by atoms with Gasteiger partial charge < -0.3 is 19.3 Å². The number of nitrogens with zero attached hydrogens (tertiary/aromatic N) is 4. The molecule has 34 heavy (non-hydrogen) atoms.